The highest BCUT2D eigenvalue weighted by Crippen LogP contribution is 2.44. The number of nitrogens with zero attached hydrogens (tertiary/aromatic N) is 4. The molecule has 0 aromatic carbocycles. The molecule has 0 unspecified atom stereocenters. The van der Waals surface area contributed by atoms with Gasteiger partial charge in [-0.1, -0.05) is 12.1 Å². The number of carbonyl (C=O) groups excluding carboxylic acids is 2. The lowest BCUT2D eigenvalue weighted by atomic mass is 9.80. The molecule has 2 amide bonds. The number of thiophene rings is 1. The van der Waals surface area contributed by atoms with Gasteiger partial charge in [0.25, 0.3) is 5.91 Å². The van der Waals surface area contributed by atoms with Crippen LogP contribution in [-0.2, 0) is 11.3 Å². The van der Waals surface area contributed by atoms with Gasteiger partial charge in [0, 0.05) is 65.1 Å². The Morgan fingerprint density at radius 2 is 2.11 bits per heavy atom. The molecule has 2 aliphatic heterocycles. The average Bonchev–Trinajstić information content (AvgIpc) is 3.36. The van der Waals surface area contributed by atoms with Gasteiger partial charge in [0.15, 0.2) is 0 Å². The van der Waals surface area contributed by atoms with Crippen LogP contribution in [0.4, 0.5) is 0 Å². The molecule has 4 rings (SSSR count). The molecule has 2 fully saturated rings. The minimum absolute atomic E-state index is 0.0455. The molecule has 2 aliphatic rings. The number of pyridine rings is 1. The fourth-order valence-electron chi connectivity index (χ4n) is 4.50. The first-order valence-electron chi connectivity index (χ1n) is 9.15. The van der Waals surface area contributed by atoms with E-state index < -0.39 is 5.41 Å². The normalized spacial score (nSPS) is 24.8. The van der Waals surface area contributed by atoms with E-state index in [0.29, 0.717) is 19.6 Å². The standard InChI is InChI=1S/C20H24N4O2S/c1-22(2)19(26)20-13-23(10-15-5-3-7-21-9-15)11-16(20)12-24(14-20)18(25)17-6-4-8-27-17/h3-9,16H,10-14H2,1-2H3/t16-,20-/m0/s1. The van der Waals surface area contributed by atoms with Crippen molar-refractivity contribution in [3.8, 4) is 0 Å². The van der Waals surface area contributed by atoms with Crippen LogP contribution in [0.15, 0.2) is 42.0 Å². The highest BCUT2D eigenvalue weighted by Gasteiger charge is 2.58. The van der Waals surface area contributed by atoms with Crippen molar-refractivity contribution in [2.45, 2.75) is 6.54 Å². The zero-order valence-corrected chi connectivity index (χ0v) is 16.5. The highest BCUT2D eigenvalue weighted by atomic mass is 32.1. The molecule has 0 bridgehead atoms. The van der Waals surface area contributed by atoms with Gasteiger partial charge in [0.2, 0.25) is 5.91 Å². The van der Waals surface area contributed by atoms with Crippen LogP contribution in [-0.4, -0.2) is 71.8 Å². The molecule has 27 heavy (non-hydrogen) atoms. The Bertz CT molecular complexity index is 824. The van der Waals surface area contributed by atoms with E-state index in [1.165, 1.54) is 11.3 Å². The number of rotatable bonds is 4. The molecule has 0 aliphatic carbocycles. The molecule has 2 aromatic rings. The lowest BCUT2D eigenvalue weighted by Gasteiger charge is -2.30. The van der Waals surface area contributed by atoms with Crippen LogP contribution in [0.1, 0.15) is 15.2 Å². The number of amides is 2. The largest absolute Gasteiger partial charge is 0.348 e. The lowest BCUT2D eigenvalue weighted by Crippen LogP contribution is -2.47. The van der Waals surface area contributed by atoms with Gasteiger partial charge in [-0.3, -0.25) is 19.5 Å². The summed E-state index contributed by atoms with van der Waals surface area (Å²) in [6.07, 6.45) is 3.65. The molecule has 0 spiro atoms. The number of aromatic nitrogens is 1. The fraction of sp³-hybridized carbons (Fsp3) is 0.450. The first-order valence-corrected chi connectivity index (χ1v) is 10.0. The molecular formula is C20H24N4O2S. The zero-order valence-electron chi connectivity index (χ0n) is 15.7. The van der Waals surface area contributed by atoms with Crippen LogP contribution in [0, 0.1) is 11.3 Å². The van der Waals surface area contributed by atoms with E-state index in [1.807, 2.05) is 48.8 Å². The second-order valence-corrected chi connectivity index (χ2v) is 8.69. The molecule has 7 heteroatoms. The van der Waals surface area contributed by atoms with Crippen LogP contribution in [0.2, 0.25) is 0 Å². The van der Waals surface area contributed by atoms with Gasteiger partial charge < -0.3 is 9.80 Å². The Morgan fingerprint density at radius 3 is 2.78 bits per heavy atom. The molecule has 0 N–H and O–H groups in total. The van der Waals surface area contributed by atoms with Gasteiger partial charge in [-0.25, -0.2) is 0 Å². The zero-order chi connectivity index (χ0) is 19.0. The van der Waals surface area contributed by atoms with Crippen molar-refractivity contribution in [1.82, 2.24) is 19.7 Å². The van der Waals surface area contributed by atoms with Gasteiger partial charge >= 0.3 is 0 Å². The third-order valence-electron chi connectivity index (χ3n) is 5.66. The molecule has 2 saturated heterocycles. The summed E-state index contributed by atoms with van der Waals surface area (Å²) in [6, 6.07) is 7.75. The van der Waals surface area contributed by atoms with E-state index in [2.05, 4.69) is 16.0 Å². The first-order chi connectivity index (χ1) is 13.0. The van der Waals surface area contributed by atoms with E-state index in [1.54, 1.807) is 11.1 Å². The van der Waals surface area contributed by atoms with Gasteiger partial charge in [0.05, 0.1) is 10.3 Å². The van der Waals surface area contributed by atoms with Crippen molar-refractivity contribution in [2.24, 2.45) is 11.3 Å². The Kier molecular flexibility index (Phi) is 4.74. The minimum atomic E-state index is -0.515. The Morgan fingerprint density at radius 1 is 1.26 bits per heavy atom. The molecule has 142 valence electrons. The number of likely N-dealkylation sites (tertiary alicyclic amines) is 2. The summed E-state index contributed by atoms with van der Waals surface area (Å²) in [6.45, 7) is 3.42. The second-order valence-electron chi connectivity index (χ2n) is 7.75. The number of hydrogen-bond acceptors (Lipinski definition) is 5. The molecule has 0 radical (unpaired) electrons. The van der Waals surface area contributed by atoms with Crippen molar-refractivity contribution < 1.29 is 9.59 Å². The monoisotopic (exact) mass is 384 g/mol. The maximum Gasteiger partial charge on any atom is 0.263 e. The Hall–Kier alpha value is -2.25. The Labute approximate surface area is 163 Å². The van der Waals surface area contributed by atoms with Gasteiger partial charge in [-0.05, 0) is 23.1 Å². The van der Waals surface area contributed by atoms with Crippen LogP contribution >= 0.6 is 11.3 Å². The van der Waals surface area contributed by atoms with E-state index in [-0.39, 0.29) is 17.7 Å². The molecule has 0 saturated carbocycles. The molecule has 6 nitrogen and oxygen atoms in total. The van der Waals surface area contributed by atoms with Crippen LogP contribution < -0.4 is 0 Å². The van der Waals surface area contributed by atoms with E-state index in [4.69, 9.17) is 0 Å². The van der Waals surface area contributed by atoms with Crippen molar-refractivity contribution in [1.29, 1.82) is 0 Å². The molecular weight excluding hydrogens is 360 g/mol. The van der Waals surface area contributed by atoms with Gasteiger partial charge in [0.1, 0.15) is 0 Å². The van der Waals surface area contributed by atoms with E-state index >= 15 is 0 Å². The maximum absolute atomic E-state index is 13.2. The summed E-state index contributed by atoms with van der Waals surface area (Å²) in [5, 5.41) is 1.92. The minimum Gasteiger partial charge on any atom is -0.348 e. The second kappa shape index (κ2) is 7.05. The highest BCUT2D eigenvalue weighted by molar-refractivity contribution is 7.12. The van der Waals surface area contributed by atoms with Crippen molar-refractivity contribution in [3.63, 3.8) is 0 Å². The third-order valence-corrected chi connectivity index (χ3v) is 6.52. The van der Waals surface area contributed by atoms with Crippen LogP contribution in [0.5, 0.6) is 0 Å². The SMILES string of the molecule is CN(C)C(=O)[C@]12CN(Cc3cccnc3)C[C@H]1CN(C(=O)c1cccs1)C2. The summed E-state index contributed by atoms with van der Waals surface area (Å²) in [5.74, 6) is 0.333. The quantitative estimate of drug-likeness (QED) is 0.807. The van der Waals surface area contributed by atoms with Crippen molar-refractivity contribution >= 4 is 23.2 Å². The predicted molar refractivity (Wildman–Crippen MR) is 104 cm³/mol. The summed E-state index contributed by atoms with van der Waals surface area (Å²) in [7, 11) is 3.61. The van der Waals surface area contributed by atoms with E-state index in [9.17, 15) is 9.59 Å². The molecule has 4 heterocycles. The van der Waals surface area contributed by atoms with Crippen molar-refractivity contribution in [2.75, 3.05) is 40.3 Å². The van der Waals surface area contributed by atoms with Gasteiger partial charge in [-0.15, -0.1) is 11.3 Å². The Balaban J connectivity index is 1.55. The predicted octanol–water partition coefficient (Wildman–Crippen LogP) is 1.81. The number of hydrogen-bond donors (Lipinski definition) is 0. The number of fused-ring (bicyclic) bond motifs is 1. The average molecular weight is 385 g/mol. The van der Waals surface area contributed by atoms with Crippen LogP contribution in [0.25, 0.3) is 0 Å². The lowest BCUT2D eigenvalue weighted by molar-refractivity contribution is -0.139. The summed E-state index contributed by atoms with van der Waals surface area (Å²) in [4.78, 5) is 36.8. The molecule has 2 aromatic heterocycles. The summed E-state index contributed by atoms with van der Waals surface area (Å²) in [5.41, 5.74) is 0.634. The smallest absolute Gasteiger partial charge is 0.263 e. The maximum atomic E-state index is 13.2. The topological polar surface area (TPSA) is 56.8 Å². The van der Waals surface area contributed by atoms with Crippen molar-refractivity contribution in [3.05, 3.63) is 52.5 Å². The third kappa shape index (κ3) is 3.26. The summed E-state index contributed by atoms with van der Waals surface area (Å²) < 4.78 is 0. The first kappa shape index (κ1) is 18.1. The van der Waals surface area contributed by atoms with Gasteiger partial charge in [-0.2, -0.15) is 0 Å². The van der Waals surface area contributed by atoms with Crippen LogP contribution in [0.3, 0.4) is 0 Å². The fourth-order valence-corrected chi connectivity index (χ4v) is 5.19. The molecule has 2 atom stereocenters. The number of carbonyl (C=O) groups is 2. The summed E-state index contributed by atoms with van der Waals surface area (Å²) >= 11 is 1.46. The van der Waals surface area contributed by atoms with E-state index in [0.717, 1.165) is 23.5 Å².